The number of non-ortho nitro benzene ring substituents is 1. The smallest absolute Gasteiger partial charge is 0.390 e. The first-order valence-corrected chi connectivity index (χ1v) is 8.72. The Labute approximate surface area is 163 Å². The third-order valence-electron chi connectivity index (χ3n) is 5.14. The molecule has 0 fully saturated rings. The summed E-state index contributed by atoms with van der Waals surface area (Å²) in [5.74, 6) is -2.26. The Morgan fingerprint density at radius 2 is 1.76 bits per heavy atom. The van der Waals surface area contributed by atoms with Crippen molar-refractivity contribution in [3.05, 3.63) is 63.7 Å². The van der Waals surface area contributed by atoms with Crippen molar-refractivity contribution in [2.45, 2.75) is 31.9 Å². The van der Waals surface area contributed by atoms with Crippen molar-refractivity contribution < 1.29 is 32.8 Å². The molecule has 152 valence electrons. The average molecular weight is 407 g/mol. The molecule has 1 aliphatic carbocycles. The lowest BCUT2D eigenvalue weighted by molar-refractivity contribution is -0.384. The highest BCUT2D eigenvalue weighted by Gasteiger charge is 2.50. The van der Waals surface area contributed by atoms with E-state index in [4.69, 9.17) is 5.11 Å². The van der Waals surface area contributed by atoms with Gasteiger partial charge < -0.3 is 5.11 Å². The first kappa shape index (κ1) is 20.5. The Bertz CT molecular complexity index is 985. The van der Waals surface area contributed by atoms with Crippen LogP contribution in [-0.2, 0) is 11.2 Å². The van der Waals surface area contributed by atoms with Gasteiger partial charge in [0.2, 0.25) is 0 Å². The number of hydrogen-bond donors (Lipinski definition) is 1. The highest BCUT2D eigenvalue weighted by molar-refractivity contribution is 6.04. The summed E-state index contributed by atoms with van der Waals surface area (Å²) in [6.07, 6.45) is -7.11. The molecule has 0 aromatic heterocycles. The summed E-state index contributed by atoms with van der Waals surface area (Å²) in [6.45, 7) is 0. The molecule has 29 heavy (non-hydrogen) atoms. The van der Waals surface area contributed by atoms with E-state index in [-0.39, 0.29) is 24.1 Å². The van der Waals surface area contributed by atoms with Gasteiger partial charge >= 0.3 is 12.1 Å². The number of halogens is 3. The molecule has 6 nitrogen and oxygen atoms in total. The molecule has 2 aromatic carbocycles. The number of aliphatic carboxylic acids is 1. The van der Waals surface area contributed by atoms with Gasteiger partial charge in [-0.2, -0.15) is 13.2 Å². The fraction of sp³-hybridized carbons (Fsp3) is 0.300. The van der Waals surface area contributed by atoms with Gasteiger partial charge in [0.1, 0.15) is 0 Å². The van der Waals surface area contributed by atoms with Crippen LogP contribution in [0.4, 0.5) is 18.9 Å². The van der Waals surface area contributed by atoms with Gasteiger partial charge in [-0.25, -0.2) is 0 Å². The SMILES string of the molecule is O=C(O)CC1(CC(F)(F)F)CCc2cc(-c3ccc([N+](=O)[O-])cc3)ccc2C1=O. The van der Waals surface area contributed by atoms with Gasteiger partial charge in [0.05, 0.1) is 23.2 Å². The molecule has 0 radical (unpaired) electrons. The van der Waals surface area contributed by atoms with E-state index in [1.54, 1.807) is 24.3 Å². The summed E-state index contributed by atoms with van der Waals surface area (Å²) < 4.78 is 39.2. The second-order valence-electron chi connectivity index (χ2n) is 7.15. The van der Waals surface area contributed by atoms with E-state index in [9.17, 15) is 32.9 Å². The van der Waals surface area contributed by atoms with E-state index < -0.39 is 41.1 Å². The molecular formula is C20H16F3NO5. The molecule has 3 rings (SSSR count). The summed E-state index contributed by atoms with van der Waals surface area (Å²) in [5.41, 5.74) is -0.142. The monoisotopic (exact) mass is 407 g/mol. The topological polar surface area (TPSA) is 97.5 Å². The summed E-state index contributed by atoms with van der Waals surface area (Å²) >= 11 is 0. The zero-order valence-corrected chi connectivity index (χ0v) is 15.0. The van der Waals surface area contributed by atoms with E-state index in [0.29, 0.717) is 16.7 Å². The quantitative estimate of drug-likeness (QED) is 0.567. The van der Waals surface area contributed by atoms with Gasteiger partial charge in [-0.3, -0.25) is 19.7 Å². The Morgan fingerprint density at radius 3 is 2.31 bits per heavy atom. The second kappa shape index (κ2) is 7.31. The van der Waals surface area contributed by atoms with Crippen LogP contribution >= 0.6 is 0 Å². The Balaban J connectivity index is 1.96. The van der Waals surface area contributed by atoms with Crippen LogP contribution in [0.2, 0.25) is 0 Å². The third-order valence-corrected chi connectivity index (χ3v) is 5.14. The normalized spacial score (nSPS) is 18.9. The molecule has 9 heteroatoms. The number of carboxylic acid groups (broad SMARTS) is 1. The fourth-order valence-corrected chi connectivity index (χ4v) is 3.82. The minimum Gasteiger partial charge on any atom is -0.481 e. The second-order valence-corrected chi connectivity index (χ2v) is 7.15. The Morgan fingerprint density at radius 1 is 1.14 bits per heavy atom. The molecule has 0 spiro atoms. The van der Waals surface area contributed by atoms with Gasteiger partial charge in [0, 0.05) is 17.7 Å². The number of alkyl halides is 3. The highest BCUT2D eigenvalue weighted by atomic mass is 19.4. The Kier molecular flexibility index (Phi) is 5.16. The van der Waals surface area contributed by atoms with Crippen LogP contribution in [0.1, 0.15) is 35.2 Å². The van der Waals surface area contributed by atoms with Crippen LogP contribution in [0.5, 0.6) is 0 Å². The minimum atomic E-state index is -4.67. The van der Waals surface area contributed by atoms with Crippen molar-refractivity contribution >= 4 is 17.4 Å². The van der Waals surface area contributed by atoms with Crippen molar-refractivity contribution in [1.29, 1.82) is 0 Å². The lowest BCUT2D eigenvalue weighted by atomic mass is 9.66. The number of hydrogen-bond acceptors (Lipinski definition) is 4. The first-order valence-electron chi connectivity index (χ1n) is 8.72. The maximum Gasteiger partial charge on any atom is 0.390 e. The van der Waals surface area contributed by atoms with E-state index in [2.05, 4.69) is 0 Å². The molecule has 0 bridgehead atoms. The van der Waals surface area contributed by atoms with Crippen LogP contribution in [0, 0.1) is 15.5 Å². The number of aryl methyl sites for hydroxylation is 1. The average Bonchev–Trinajstić information content (AvgIpc) is 2.63. The maximum absolute atomic E-state index is 13.1. The van der Waals surface area contributed by atoms with Gasteiger partial charge in [-0.15, -0.1) is 0 Å². The zero-order chi connectivity index (χ0) is 21.4. The number of ketones is 1. The van der Waals surface area contributed by atoms with E-state index in [1.165, 1.54) is 18.2 Å². The van der Waals surface area contributed by atoms with E-state index in [1.807, 2.05) is 0 Å². The highest BCUT2D eigenvalue weighted by Crippen LogP contribution is 2.46. The van der Waals surface area contributed by atoms with Crippen molar-refractivity contribution in [1.82, 2.24) is 0 Å². The van der Waals surface area contributed by atoms with Crippen LogP contribution in [-0.4, -0.2) is 28.0 Å². The number of carboxylic acids is 1. The molecule has 1 aliphatic rings. The number of carbonyl (C=O) groups is 2. The fourth-order valence-electron chi connectivity index (χ4n) is 3.82. The Hall–Kier alpha value is -3.23. The standard InChI is InChI=1S/C20H16F3NO5/c21-20(22,23)11-19(10-17(25)26)8-7-14-9-13(3-6-16(14)18(19)27)12-1-4-15(5-2-12)24(28)29/h1-6,9H,7-8,10-11H2,(H,25,26). The third kappa shape index (κ3) is 4.28. The van der Waals surface area contributed by atoms with Crippen LogP contribution in [0.25, 0.3) is 11.1 Å². The zero-order valence-electron chi connectivity index (χ0n) is 15.0. The van der Waals surface area contributed by atoms with Gasteiger partial charge in [-0.05, 0) is 41.7 Å². The lowest BCUT2D eigenvalue weighted by Crippen LogP contribution is -2.41. The molecule has 1 atom stereocenters. The maximum atomic E-state index is 13.1. The number of nitro benzene ring substituents is 1. The van der Waals surface area contributed by atoms with E-state index in [0.717, 1.165) is 0 Å². The molecule has 0 aliphatic heterocycles. The number of fused-ring (bicyclic) bond motifs is 1. The molecule has 1 N–H and O–H groups in total. The summed E-state index contributed by atoms with van der Waals surface area (Å²) in [7, 11) is 0. The van der Waals surface area contributed by atoms with Crippen molar-refractivity contribution in [3.63, 3.8) is 0 Å². The molecule has 0 saturated carbocycles. The van der Waals surface area contributed by atoms with Gasteiger partial charge in [-0.1, -0.05) is 18.2 Å². The van der Waals surface area contributed by atoms with Crippen LogP contribution < -0.4 is 0 Å². The summed E-state index contributed by atoms with van der Waals surface area (Å²) in [4.78, 5) is 34.3. The van der Waals surface area contributed by atoms with E-state index >= 15 is 0 Å². The van der Waals surface area contributed by atoms with Gasteiger partial charge in [0.15, 0.2) is 5.78 Å². The first-order chi connectivity index (χ1) is 13.5. The van der Waals surface area contributed by atoms with Crippen LogP contribution in [0.15, 0.2) is 42.5 Å². The molecule has 0 saturated heterocycles. The number of benzene rings is 2. The number of nitro groups is 1. The summed E-state index contributed by atoms with van der Waals surface area (Å²) in [5, 5.41) is 19.8. The largest absolute Gasteiger partial charge is 0.481 e. The lowest BCUT2D eigenvalue weighted by Gasteiger charge is -2.36. The molecule has 1 unspecified atom stereocenters. The van der Waals surface area contributed by atoms with Crippen molar-refractivity contribution in [2.24, 2.45) is 5.41 Å². The molecule has 0 heterocycles. The van der Waals surface area contributed by atoms with Crippen molar-refractivity contribution in [3.8, 4) is 11.1 Å². The number of nitrogens with zero attached hydrogens (tertiary/aromatic N) is 1. The predicted molar refractivity (Wildman–Crippen MR) is 96.5 cm³/mol. The molecule has 0 amide bonds. The number of carbonyl (C=O) groups excluding carboxylic acids is 1. The molecule has 2 aromatic rings. The minimum absolute atomic E-state index is 0.0764. The number of rotatable bonds is 5. The van der Waals surface area contributed by atoms with Crippen LogP contribution in [0.3, 0.4) is 0 Å². The van der Waals surface area contributed by atoms with Gasteiger partial charge in [0.25, 0.3) is 5.69 Å². The summed E-state index contributed by atoms with van der Waals surface area (Å²) in [6, 6.07) is 10.4. The molecular weight excluding hydrogens is 391 g/mol. The number of Topliss-reactive ketones (excluding diaryl/α,β-unsaturated/α-hetero) is 1. The predicted octanol–water partition coefficient (Wildman–Crippen LogP) is 4.80. The van der Waals surface area contributed by atoms with Crippen molar-refractivity contribution in [2.75, 3.05) is 0 Å².